The van der Waals surface area contributed by atoms with Crippen molar-refractivity contribution >= 4 is 28.5 Å². The highest BCUT2D eigenvalue weighted by Crippen LogP contribution is 2.28. The molecule has 2 amide bonds. The Bertz CT molecular complexity index is 1250. The largest absolute Gasteiger partial charge is 0.494 e. The SMILES string of the molecule is CC(C)C[C@H]1C(=O)N[C@H](C(=O)c2c[nH]c3ccccc23)Cc2ccc(cc2)OCCCCC[C@@H]1C(=O)NO. The van der Waals surface area contributed by atoms with Crippen molar-refractivity contribution in [2.24, 2.45) is 17.8 Å². The van der Waals surface area contributed by atoms with Crippen LogP contribution in [0.1, 0.15) is 61.9 Å². The Morgan fingerprint density at radius 1 is 1.08 bits per heavy atom. The number of aromatic amines is 1. The number of H-pyrrole nitrogens is 1. The van der Waals surface area contributed by atoms with E-state index >= 15 is 0 Å². The number of ether oxygens (including phenoxy) is 1. The van der Waals surface area contributed by atoms with E-state index in [4.69, 9.17) is 4.74 Å². The Labute approximate surface area is 223 Å². The highest BCUT2D eigenvalue weighted by molar-refractivity contribution is 6.11. The van der Waals surface area contributed by atoms with Crippen LogP contribution in [0.4, 0.5) is 0 Å². The van der Waals surface area contributed by atoms with E-state index in [1.54, 1.807) is 11.7 Å². The van der Waals surface area contributed by atoms with Gasteiger partial charge in [0.05, 0.1) is 18.6 Å². The summed E-state index contributed by atoms with van der Waals surface area (Å²) >= 11 is 0. The number of hydroxylamine groups is 1. The van der Waals surface area contributed by atoms with Crippen molar-refractivity contribution in [2.45, 2.75) is 58.4 Å². The lowest BCUT2D eigenvalue weighted by molar-refractivity contribution is -0.141. The van der Waals surface area contributed by atoms with Crippen molar-refractivity contribution in [3.63, 3.8) is 0 Å². The number of hydrogen-bond acceptors (Lipinski definition) is 5. The van der Waals surface area contributed by atoms with Crippen LogP contribution < -0.4 is 15.5 Å². The van der Waals surface area contributed by atoms with Crippen molar-refractivity contribution in [2.75, 3.05) is 6.61 Å². The lowest BCUT2D eigenvalue weighted by Gasteiger charge is -2.28. The predicted octanol–water partition coefficient (Wildman–Crippen LogP) is 4.81. The van der Waals surface area contributed by atoms with E-state index in [0.29, 0.717) is 31.4 Å². The van der Waals surface area contributed by atoms with Gasteiger partial charge in [0.25, 0.3) is 0 Å². The van der Waals surface area contributed by atoms with Gasteiger partial charge >= 0.3 is 0 Å². The average molecular weight is 520 g/mol. The molecule has 3 heterocycles. The summed E-state index contributed by atoms with van der Waals surface area (Å²) in [7, 11) is 0. The Balaban J connectivity index is 1.71. The second-order valence-corrected chi connectivity index (χ2v) is 10.5. The minimum Gasteiger partial charge on any atom is -0.494 e. The number of rotatable bonds is 5. The van der Waals surface area contributed by atoms with E-state index in [2.05, 4.69) is 10.3 Å². The van der Waals surface area contributed by atoms with E-state index in [9.17, 15) is 19.6 Å². The van der Waals surface area contributed by atoms with Crippen molar-refractivity contribution < 1.29 is 24.3 Å². The van der Waals surface area contributed by atoms with Crippen LogP contribution in [-0.4, -0.2) is 40.4 Å². The first-order chi connectivity index (χ1) is 18.4. The quantitative estimate of drug-likeness (QED) is 0.219. The van der Waals surface area contributed by atoms with Crippen LogP contribution in [-0.2, 0) is 16.0 Å². The Morgan fingerprint density at radius 3 is 2.58 bits per heavy atom. The zero-order valence-electron chi connectivity index (χ0n) is 22.0. The summed E-state index contributed by atoms with van der Waals surface area (Å²) in [6.45, 7) is 4.54. The minimum atomic E-state index is -0.839. The number of Topliss-reactive ketones (excluding diaryl/α,β-unsaturated/α-hetero) is 1. The average Bonchev–Trinajstić information content (AvgIpc) is 3.35. The van der Waals surface area contributed by atoms with Crippen LogP contribution in [0.15, 0.2) is 54.7 Å². The lowest BCUT2D eigenvalue weighted by atomic mass is 9.80. The molecule has 0 aliphatic carbocycles. The zero-order valence-corrected chi connectivity index (χ0v) is 22.0. The van der Waals surface area contributed by atoms with E-state index in [0.717, 1.165) is 35.1 Å². The van der Waals surface area contributed by atoms with Gasteiger partial charge in [-0.1, -0.05) is 57.0 Å². The smallest absolute Gasteiger partial charge is 0.247 e. The molecule has 0 saturated carbocycles. The molecular weight excluding hydrogens is 482 g/mol. The van der Waals surface area contributed by atoms with Crippen LogP contribution in [0.5, 0.6) is 5.75 Å². The number of nitrogens with one attached hydrogen (secondary N) is 3. The third kappa shape index (κ3) is 6.61. The Kier molecular flexibility index (Phi) is 9.18. The van der Waals surface area contributed by atoms with Crippen LogP contribution in [0.25, 0.3) is 10.9 Å². The van der Waals surface area contributed by atoms with E-state index in [1.165, 1.54) is 0 Å². The van der Waals surface area contributed by atoms with Gasteiger partial charge in [0.15, 0.2) is 5.78 Å². The summed E-state index contributed by atoms with van der Waals surface area (Å²) in [5, 5.41) is 13.3. The molecule has 2 aliphatic rings. The second kappa shape index (κ2) is 12.7. The maximum Gasteiger partial charge on any atom is 0.247 e. The number of benzene rings is 2. The number of ketones is 1. The van der Waals surface area contributed by atoms with E-state index < -0.39 is 23.8 Å². The standard InChI is InChI=1S/C30H37N3O5/c1-19(2)16-24-23(30(36)33-37)9-4-3-7-15-38-21-13-11-20(12-14-21)17-27(32-29(24)35)28(34)25-18-31-26-10-6-5-8-22(25)26/h5-6,8,10-14,18-19,23-24,27,31,37H,3-4,7,9,15-17H2,1-2H3,(H,32,35)(H,33,36)/t23-,24+,27-/m0/s1. The highest BCUT2D eigenvalue weighted by atomic mass is 16.5. The van der Waals surface area contributed by atoms with Crippen LogP contribution in [0.2, 0.25) is 0 Å². The molecule has 8 nitrogen and oxygen atoms in total. The monoisotopic (exact) mass is 519 g/mol. The lowest BCUT2D eigenvalue weighted by Crippen LogP contribution is -2.48. The van der Waals surface area contributed by atoms with Gasteiger partial charge in [0.2, 0.25) is 11.8 Å². The first kappa shape index (κ1) is 27.4. The molecule has 38 heavy (non-hydrogen) atoms. The fourth-order valence-corrected chi connectivity index (χ4v) is 5.30. The first-order valence-corrected chi connectivity index (χ1v) is 13.4. The molecule has 0 spiro atoms. The molecule has 0 saturated heterocycles. The van der Waals surface area contributed by atoms with Gasteiger partial charge in [0.1, 0.15) is 5.75 Å². The molecule has 0 fully saturated rings. The number of amides is 2. The molecule has 2 aliphatic heterocycles. The van der Waals surface area contributed by atoms with Gasteiger partial charge in [-0.15, -0.1) is 0 Å². The summed E-state index contributed by atoms with van der Waals surface area (Å²) in [5.41, 5.74) is 4.00. The fourth-order valence-electron chi connectivity index (χ4n) is 5.30. The maximum absolute atomic E-state index is 13.9. The molecule has 0 radical (unpaired) electrons. The molecule has 8 heteroatoms. The third-order valence-electron chi connectivity index (χ3n) is 7.27. The molecule has 5 rings (SSSR count). The Morgan fingerprint density at radius 2 is 1.84 bits per heavy atom. The summed E-state index contributed by atoms with van der Waals surface area (Å²) in [4.78, 5) is 43.6. The third-order valence-corrected chi connectivity index (χ3v) is 7.27. The molecule has 3 aromatic rings. The summed E-state index contributed by atoms with van der Waals surface area (Å²) < 4.78 is 5.87. The number of hydrogen-bond donors (Lipinski definition) is 4. The van der Waals surface area contributed by atoms with Gasteiger partial charge in [-0.05, 0) is 48.9 Å². The number of carbonyl (C=O) groups is 3. The minimum absolute atomic E-state index is 0.133. The maximum atomic E-state index is 13.9. The number of carbonyl (C=O) groups excluding carboxylic acids is 3. The van der Waals surface area contributed by atoms with Crippen molar-refractivity contribution in [1.29, 1.82) is 0 Å². The van der Waals surface area contributed by atoms with Crippen molar-refractivity contribution in [3.05, 3.63) is 65.9 Å². The molecule has 2 bridgehead atoms. The number of para-hydroxylation sites is 1. The molecule has 3 atom stereocenters. The normalized spacial score (nSPS) is 21.2. The molecule has 4 N–H and O–H groups in total. The second-order valence-electron chi connectivity index (χ2n) is 10.5. The zero-order chi connectivity index (χ0) is 27.1. The van der Waals surface area contributed by atoms with Gasteiger partial charge < -0.3 is 15.0 Å². The molecule has 2 aromatic carbocycles. The first-order valence-electron chi connectivity index (χ1n) is 13.4. The van der Waals surface area contributed by atoms with Crippen molar-refractivity contribution in [3.8, 4) is 5.75 Å². The molecule has 1 aromatic heterocycles. The van der Waals surface area contributed by atoms with Crippen LogP contribution in [0, 0.1) is 17.8 Å². The van der Waals surface area contributed by atoms with Crippen LogP contribution in [0.3, 0.4) is 0 Å². The summed E-state index contributed by atoms with van der Waals surface area (Å²) in [6, 6.07) is 14.3. The van der Waals surface area contributed by atoms with Gasteiger partial charge in [0, 0.05) is 35.0 Å². The topological polar surface area (TPSA) is 121 Å². The number of aromatic nitrogens is 1. The highest BCUT2D eigenvalue weighted by Gasteiger charge is 2.36. The van der Waals surface area contributed by atoms with E-state index in [-0.39, 0.29) is 24.0 Å². The van der Waals surface area contributed by atoms with Gasteiger partial charge in [-0.25, -0.2) is 5.48 Å². The van der Waals surface area contributed by atoms with Crippen LogP contribution >= 0.6 is 0 Å². The molecular formula is C30H37N3O5. The van der Waals surface area contributed by atoms with Crippen molar-refractivity contribution in [1.82, 2.24) is 15.8 Å². The fraction of sp³-hybridized carbons (Fsp3) is 0.433. The Hall–Kier alpha value is -3.65. The van der Waals surface area contributed by atoms with Gasteiger partial charge in [-0.2, -0.15) is 0 Å². The van der Waals surface area contributed by atoms with E-state index in [1.807, 2.05) is 62.4 Å². The number of fused-ring (bicyclic) bond motifs is 14. The van der Waals surface area contributed by atoms with Gasteiger partial charge in [-0.3, -0.25) is 19.6 Å². The summed E-state index contributed by atoms with van der Waals surface area (Å²) in [6.07, 6.45) is 5.22. The molecule has 0 unspecified atom stereocenters. The molecule has 202 valence electrons. The predicted molar refractivity (Wildman–Crippen MR) is 145 cm³/mol. The summed E-state index contributed by atoms with van der Waals surface area (Å²) in [5.74, 6) is -1.64.